The Hall–Kier alpha value is -1.05. The summed E-state index contributed by atoms with van der Waals surface area (Å²) in [5, 5.41) is 0. The Morgan fingerprint density at radius 2 is 2.30 bits per heavy atom. The van der Waals surface area contributed by atoms with E-state index in [9.17, 15) is 4.79 Å². The Balaban J connectivity index is 3.50. The maximum absolute atomic E-state index is 10.7. The van der Waals surface area contributed by atoms with Crippen LogP contribution in [-0.4, -0.2) is 12.6 Å². The third kappa shape index (κ3) is 3.89. The van der Waals surface area contributed by atoms with Crippen LogP contribution in [-0.2, 0) is 9.53 Å². The van der Waals surface area contributed by atoms with E-state index >= 15 is 0 Å². The molecule has 0 saturated heterocycles. The van der Waals surface area contributed by atoms with Gasteiger partial charge in [0.15, 0.2) is 0 Å². The van der Waals surface area contributed by atoms with Crippen LogP contribution in [0.15, 0.2) is 24.3 Å². The van der Waals surface area contributed by atoms with Crippen molar-refractivity contribution in [3.63, 3.8) is 0 Å². The van der Waals surface area contributed by atoms with Crippen molar-refractivity contribution in [2.75, 3.05) is 6.61 Å². The van der Waals surface area contributed by atoms with Crippen molar-refractivity contribution in [1.82, 2.24) is 0 Å². The molecule has 0 aliphatic heterocycles. The van der Waals surface area contributed by atoms with Crippen molar-refractivity contribution in [3.05, 3.63) is 24.3 Å². The number of carbonyl (C=O) groups is 1. The number of esters is 1. The van der Waals surface area contributed by atoms with E-state index in [4.69, 9.17) is 4.74 Å². The summed E-state index contributed by atoms with van der Waals surface area (Å²) in [6.07, 6.45) is 3.59. The second-order valence-electron chi connectivity index (χ2n) is 1.95. The molecule has 10 heavy (non-hydrogen) atoms. The lowest BCUT2D eigenvalue weighted by molar-refractivity contribution is -0.137. The summed E-state index contributed by atoms with van der Waals surface area (Å²) in [6, 6.07) is 0. The summed E-state index contributed by atoms with van der Waals surface area (Å²) >= 11 is 0. The largest absolute Gasteiger partial charge is 0.458 e. The molecule has 56 valence electrons. The molecule has 2 heteroatoms. The van der Waals surface area contributed by atoms with Crippen molar-refractivity contribution in [2.24, 2.45) is 0 Å². The molecule has 0 bridgehead atoms. The normalized spacial score (nSPS) is 9.80. The van der Waals surface area contributed by atoms with Crippen LogP contribution >= 0.6 is 0 Å². The molecule has 0 spiro atoms. The summed E-state index contributed by atoms with van der Waals surface area (Å²) in [7, 11) is 0. The van der Waals surface area contributed by atoms with Gasteiger partial charge >= 0.3 is 5.97 Å². The van der Waals surface area contributed by atoms with Gasteiger partial charge in [0.2, 0.25) is 0 Å². The molecule has 0 amide bonds. The van der Waals surface area contributed by atoms with Gasteiger partial charge < -0.3 is 4.74 Å². The third-order valence-corrected chi connectivity index (χ3v) is 0.895. The van der Waals surface area contributed by atoms with E-state index in [1.807, 2.05) is 13.0 Å². The standard InChI is InChI=1S/C8H12O2/c1-4-5-6-10-8(9)7(2)3/h4-5H,2,6H2,1,3H3. The van der Waals surface area contributed by atoms with Gasteiger partial charge in [-0.3, -0.25) is 0 Å². The van der Waals surface area contributed by atoms with Crippen LogP contribution in [0.2, 0.25) is 0 Å². The van der Waals surface area contributed by atoms with E-state index in [-0.39, 0.29) is 5.97 Å². The lowest BCUT2D eigenvalue weighted by Gasteiger charge is -1.98. The molecule has 0 saturated carbocycles. The van der Waals surface area contributed by atoms with Crippen LogP contribution in [0.4, 0.5) is 0 Å². The highest BCUT2D eigenvalue weighted by Gasteiger charge is 1.99. The molecule has 0 atom stereocenters. The van der Waals surface area contributed by atoms with Gasteiger partial charge in [-0.25, -0.2) is 4.79 Å². The van der Waals surface area contributed by atoms with Crippen molar-refractivity contribution in [3.8, 4) is 0 Å². The van der Waals surface area contributed by atoms with Crippen LogP contribution in [0.25, 0.3) is 0 Å². The van der Waals surface area contributed by atoms with Gasteiger partial charge in [-0.2, -0.15) is 0 Å². The highest BCUT2D eigenvalue weighted by Crippen LogP contribution is 1.91. The molecule has 0 heterocycles. The molecule has 2 nitrogen and oxygen atoms in total. The number of allylic oxidation sites excluding steroid dienone is 1. The molecule has 0 aromatic rings. The highest BCUT2D eigenvalue weighted by molar-refractivity contribution is 5.86. The minimum absolute atomic E-state index is 0.335. The number of ether oxygens (including phenoxy) is 1. The van der Waals surface area contributed by atoms with Crippen LogP contribution < -0.4 is 0 Å². The summed E-state index contributed by atoms with van der Waals surface area (Å²) in [4.78, 5) is 10.7. The van der Waals surface area contributed by atoms with Gasteiger partial charge in [-0.15, -0.1) is 0 Å². The molecule has 0 unspecified atom stereocenters. The van der Waals surface area contributed by atoms with E-state index < -0.39 is 0 Å². The van der Waals surface area contributed by atoms with E-state index in [2.05, 4.69) is 6.58 Å². The van der Waals surface area contributed by atoms with Crippen molar-refractivity contribution >= 4 is 5.97 Å². The maximum atomic E-state index is 10.7. The van der Waals surface area contributed by atoms with Crippen molar-refractivity contribution < 1.29 is 9.53 Å². The average molecular weight is 140 g/mol. The molecule has 0 aliphatic rings. The van der Waals surface area contributed by atoms with E-state index in [1.165, 1.54) is 0 Å². The average Bonchev–Trinajstić information content (AvgIpc) is 1.88. The Kier molecular flexibility index (Phi) is 4.29. The number of rotatable bonds is 3. The number of carbonyl (C=O) groups excluding carboxylic acids is 1. The van der Waals surface area contributed by atoms with Crippen molar-refractivity contribution in [2.45, 2.75) is 13.8 Å². The van der Waals surface area contributed by atoms with Gasteiger partial charge in [-0.1, -0.05) is 18.7 Å². The monoisotopic (exact) mass is 140 g/mol. The molecule has 0 radical (unpaired) electrons. The lowest BCUT2D eigenvalue weighted by Crippen LogP contribution is -2.04. The molecule has 0 N–H and O–H groups in total. The summed E-state index contributed by atoms with van der Waals surface area (Å²) in [6.45, 7) is 7.26. The molecule has 0 rings (SSSR count). The first-order chi connectivity index (χ1) is 4.68. The fraction of sp³-hybridized carbons (Fsp3) is 0.375. The van der Waals surface area contributed by atoms with E-state index in [1.54, 1.807) is 13.0 Å². The Morgan fingerprint density at radius 1 is 1.70 bits per heavy atom. The van der Waals surface area contributed by atoms with Gasteiger partial charge in [-0.05, 0) is 13.8 Å². The summed E-state index contributed by atoms with van der Waals surface area (Å²) in [5.74, 6) is -0.335. The molecule has 0 fully saturated rings. The minimum Gasteiger partial charge on any atom is -0.458 e. The smallest absolute Gasteiger partial charge is 0.333 e. The van der Waals surface area contributed by atoms with Crippen molar-refractivity contribution in [1.29, 1.82) is 0 Å². The number of hydrogen-bond acceptors (Lipinski definition) is 2. The van der Waals surface area contributed by atoms with Gasteiger partial charge in [0, 0.05) is 5.57 Å². The van der Waals surface area contributed by atoms with Crippen LogP contribution in [0.1, 0.15) is 13.8 Å². The number of hydrogen-bond donors (Lipinski definition) is 0. The first kappa shape index (κ1) is 8.95. The van der Waals surface area contributed by atoms with Crippen LogP contribution in [0.3, 0.4) is 0 Å². The molecular formula is C8H12O2. The van der Waals surface area contributed by atoms with Gasteiger partial charge in [0.05, 0.1) is 0 Å². The summed E-state index contributed by atoms with van der Waals surface area (Å²) in [5.41, 5.74) is 0.435. The fourth-order valence-electron chi connectivity index (χ4n) is 0.343. The summed E-state index contributed by atoms with van der Waals surface area (Å²) < 4.78 is 4.72. The predicted molar refractivity (Wildman–Crippen MR) is 40.6 cm³/mol. The predicted octanol–water partition coefficient (Wildman–Crippen LogP) is 1.68. The molecule has 0 aliphatic carbocycles. The Bertz CT molecular complexity index is 157. The van der Waals surface area contributed by atoms with E-state index in [0.717, 1.165) is 0 Å². The van der Waals surface area contributed by atoms with Gasteiger partial charge in [0.1, 0.15) is 6.61 Å². The SMILES string of the molecule is C=C(C)C(=O)OCC=CC. The topological polar surface area (TPSA) is 26.3 Å². The molecule has 0 aromatic carbocycles. The minimum atomic E-state index is -0.335. The second kappa shape index (κ2) is 4.79. The van der Waals surface area contributed by atoms with Crippen LogP contribution in [0.5, 0.6) is 0 Å². The first-order valence-electron chi connectivity index (χ1n) is 3.12. The molecular weight excluding hydrogens is 128 g/mol. The maximum Gasteiger partial charge on any atom is 0.333 e. The third-order valence-electron chi connectivity index (χ3n) is 0.895. The first-order valence-corrected chi connectivity index (χ1v) is 3.12. The zero-order valence-corrected chi connectivity index (χ0v) is 6.39. The van der Waals surface area contributed by atoms with Crippen LogP contribution in [0, 0.1) is 0 Å². The Labute approximate surface area is 61.2 Å². The van der Waals surface area contributed by atoms with Gasteiger partial charge in [0.25, 0.3) is 0 Å². The Morgan fingerprint density at radius 3 is 2.70 bits per heavy atom. The zero-order chi connectivity index (χ0) is 7.98. The zero-order valence-electron chi connectivity index (χ0n) is 6.39. The fourth-order valence-corrected chi connectivity index (χ4v) is 0.343. The highest BCUT2D eigenvalue weighted by atomic mass is 16.5. The second-order valence-corrected chi connectivity index (χ2v) is 1.95. The quantitative estimate of drug-likeness (QED) is 0.338. The van der Waals surface area contributed by atoms with E-state index in [0.29, 0.717) is 12.2 Å². The molecule has 0 aromatic heterocycles. The lowest BCUT2D eigenvalue weighted by atomic mass is 10.4.